The van der Waals surface area contributed by atoms with Crippen molar-refractivity contribution in [3.63, 3.8) is 0 Å². The fraction of sp³-hybridized carbons (Fsp3) is 0.211. The number of aliphatic hydroxyl groups excluding tert-OH is 1. The van der Waals surface area contributed by atoms with E-state index in [9.17, 15) is 13.6 Å². The highest BCUT2D eigenvalue weighted by atomic mass is 19.1. The lowest BCUT2D eigenvalue weighted by Crippen LogP contribution is -2.25. The maximum atomic E-state index is 14.7. The van der Waals surface area contributed by atoms with Crippen molar-refractivity contribution in [2.45, 2.75) is 12.6 Å². The molecule has 0 unspecified atom stereocenters. The smallest absolute Gasteiger partial charge is 0.414 e. The van der Waals surface area contributed by atoms with Crippen LogP contribution in [0.2, 0.25) is 0 Å². The Bertz CT molecular complexity index is 970. The van der Waals surface area contributed by atoms with Gasteiger partial charge in [0.05, 0.1) is 30.9 Å². The van der Waals surface area contributed by atoms with Crippen LogP contribution in [0, 0.1) is 11.6 Å². The maximum absolute atomic E-state index is 14.7. The molecule has 1 fully saturated rings. The van der Waals surface area contributed by atoms with Crippen LogP contribution in [0.3, 0.4) is 0 Å². The van der Waals surface area contributed by atoms with Crippen molar-refractivity contribution in [2.24, 2.45) is 0 Å². The molecule has 2 aromatic carbocycles. The molecular weight excluding hydrogens is 370 g/mol. The first-order chi connectivity index (χ1) is 13.5. The van der Waals surface area contributed by atoms with E-state index in [4.69, 9.17) is 9.84 Å². The standard InChI is InChI=1S/C19H16F2N4O3/c20-16-5-14(25-8-15(9-26)28-19(25)27)6-17(21)18(16)13-3-1-12(2-4-13)7-24-11-22-10-23-24/h1-6,10-11,15,26H,7-9H2/t15-/m1/s1. The van der Waals surface area contributed by atoms with E-state index in [2.05, 4.69) is 10.1 Å². The lowest BCUT2D eigenvalue weighted by molar-refractivity contribution is 0.0963. The van der Waals surface area contributed by atoms with Crippen molar-refractivity contribution in [2.75, 3.05) is 18.1 Å². The number of rotatable bonds is 5. The lowest BCUT2D eigenvalue weighted by Gasteiger charge is -2.15. The molecule has 0 radical (unpaired) electrons. The van der Waals surface area contributed by atoms with Crippen LogP contribution >= 0.6 is 0 Å². The molecule has 1 N–H and O–H groups in total. The number of aromatic nitrogens is 3. The Morgan fingerprint density at radius 1 is 1.18 bits per heavy atom. The van der Waals surface area contributed by atoms with Gasteiger partial charge in [0, 0.05) is 0 Å². The normalized spacial score (nSPS) is 16.5. The van der Waals surface area contributed by atoms with Crippen LogP contribution < -0.4 is 4.90 Å². The Morgan fingerprint density at radius 3 is 2.46 bits per heavy atom. The molecule has 1 amide bonds. The van der Waals surface area contributed by atoms with Crippen LogP contribution in [0.1, 0.15) is 5.56 Å². The summed E-state index contributed by atoms with van der Waals surface area (Å²) in [4.78, 5) is 16.8. The van der Waals surface area contributed by atoms with Gasteiger partial charge in [0.1, 0.15) is 30.4 Å². The number of nitrogens with zero attached hydrogens (tertiary/aromatic N) is 4. The first-order valence-corrected chi connectivity index (χ1v) is 8.55. The third-order valence-corrected chi connectivity index (χ3v) is 4.47. The highest BCUT2D eigenvalue weighted by molar-refractivity contribution is 5.90. The van der Waals surface area contributed by atoms with Crippen molar-refractivity contribution in [3.05, 3.63) is 66.3 Å². The average molecular weight is 386 g/mol. The van der Waals surface area contributed by atoms with Gasteiger partial charge in [-0.1, -0.05) is 24.3 Å². The predicted molar refractivity (Wildman–Crippen MR) is 95.6 cm³/mol. The van der Waals surface area contributed by atoms with Gasteiger partial charge in [0.2, 0.25) is 0 Å². The monoisotopic (exact) mass is 386 g/mol. The molecule has 0 aliphatic carbocycles. The van der Waals surface area contributed by atoms with Crippen LogP contribution in [-0.4, -0.2) is 45.2 Å². The van der Waals surface area contributed by atoms with E-state index in [1.165, 1.54) is 6.33 Å². The number of hydrogen-bond acceptors (Lipinski definition) is 5. The van der Waals surface area contributed by atoms with E-state index in [0.29, 0.717) is 12.1 Å². The fourth-order valence-electron chi connectivity index (χ4n) is 3.10. The minimum atomic E-state index is -0.792. The summed E-state index contributed by atoms with van der Waals surface area (Å²) < 4.78 is 35.9. The molecule has 1 aliphatic heterocycles. The summed E-state index contributed by atoms with van der Waals surface area (Å²) in [5.74, 6) is -1.58. The number of ether oxygens (including phenoxy) is 1. The molecule has 144 valence electrons. The topological polar surface area (TPSA) is 80.5 Å². The van der Waals surface area contributed by atoms with Gasteiger partial charge >= 0.3 is 6.09 Å². The minimum absolute atomic E-state index is 0.0323. The second kappa shape index (κ2) is 7.35. The molecule has 1 atom stereocenters. The van der Waals surface area contributed by atoms with Crippen molar-refractivity contribution in [3.8, 4) is 11.1 Å². The van der Waals surface area contributed by atoms with Crippen molar-refractivity contribution >= 4 is 11.8 Å². The summed E-state index contributed by atoms with van der Waals surface area (Å²) in [5.41, 5.74) is 1.15. The molecule has 0 bridgehead atoms. The van der Waals surface area contributed by atoms with E-state index >= 15 is 0 Å². The molecule has 4 rings (SSSR count). The highest BCUT2D eigenvalue weighted by Crippen LogP contribution is 2.32. The maximum Gasteiger partial charge on any atom is 0.414 e. The third kappa shape index (κ3) is 3.44. The molecule has 1 aliphatic rings. The molecule has 28 heavy (non-hydrogen) atoms. The van der Waals surface area contributed by atoms with Crippen LogP contribution in [0.15, 0.2) is 49.1 Å². The summed E-state index contributed by atoms with van der Waals surface area (Å²) in [6.45, 7) is 0.171. The molecule has 1 aromatic heterocycles. The Hall–Kier alpha value is -3.33. The van der Waals surface area contributed by atoms with Crippen LogP contribution in [0.25, 0.3) is 11.1 Å². The van der Waals surface area contributed by atoms with Gasteiger partial charge in [0.25, 0.3) is 0 Å². The zero-order valence-corrected chi connectivity index (χ0v) is 14.6. The minimum Gasteiger partial charge on any atom is -0.441 e. The summed E-state index contributed by atoms with van der Waals surface area (Å²) in [6, 6.07) is 8.94. The van der Waals surface area contributed by atoms with Gasteiger partial charge in [0.15, 0.2) is 0 Å². The molecule has 7 nitrogen and oxygen atoms in total. The zero-order chi connectivity index (χ0) is 19.7. The first kappa shape index (κ1) is 18.1. The number of anilines is 1. The molecule has 0 saturated carbocycles. The number of cyclic esters (lactones) is 1. The second-order valence-corrected chi connectivity index (χ2v) is 6.37. The van der Waals surface area contributed by atoms with E-state index in [1.54, 1.807) is 35.3 Å². The molecule has 9 heteroatoms. The SMILES string of the molecule is O=C1O[C@@H](CO)CN1c1cc(F)c(-c2ccc(Cn3cncn3)cc2)c(F)c1. The summed E-state index contributed by atoms with van der Waals surface area (Å²) in [5, 5.41) is 13.1. The summed E-state index contributed by atoms with van der Waals surface area (Å²) in [6.07, 6.45) is 1.55. The van der Waals surface area contributed by atoms with Gasteiger partial charge in [-0.3, -0.25) is 4.90 Å². The van der Waals surface area contributed by atoms with Crippen molar-refractivity contribution in [1.82, 2.24) is 14.8 Å². The number of aliphatic hydroxyl groups is 1. The van der Waals surface area contributed by atoms with Crippen LogP contribution in [-0.2, 0) is 11.3 Å². The Balaban J connectivity index is 1.59. The highest BCUT2D eigenvalue weighted by Gasteiger charge is 2.32. The van der Waals surface area contributed by atoms with Crippen molar-refractivity contribution in [1.29, 1.82) is 0 Å². The van der Waals surface area contributed by atoms with Gasteiger partial charge < -0.3 is 9.84 Å². The number of hydrogen-bond donors (Lipinski definition) is 1. The van der Waals surface area contributed by atoms with Gasteiger partial charge in [-0.05, 0) is 23.3 Å². The van der Waals surface area contributed by atoms with Gasteiger partial charge in [-0.25, -0.2) is 23.2 Å². The average Bonchev–Trinajstić information content (AvgIpc) is 3.32. The number of carbonyl (C=O) groups is 1. The molecule has 1 saturated heterocycles. The fourth-order valence-corrected chi connectivity index (χ4v) is 3.10. The predicted octanol–water partition coefficient (Wildman–Crippen LogP) is 2.59. The summed E-state index contributed by atoms with van der Waals surface area (Å²) in [7, 11) is 0. The van der Waals surface area contributed by atoms with Crippen LogP contribution in [0.5, 0.6) is 0 Å². The van der Waals surface area contributed by atoms with Crippen LogP contribution in [0.4, 0.5) is 19.3 Å². The zero-order valence-electron chi connectivity index (χ0n) is 14.6. The van der Waals surface area contributed by atoms with Gasteiger partial charge in [-0.15, -0.1) is 0 Å². The van der Waals surface area contributed by atoms with E-state index < -0.39 is 23.8 Å². The molecule has 0 spiro atoms. The number of amides is 1. The van der Waals surface area contributed by atoms with E-state index in [-0.39, 0.29) is 24.4 Å². The summed E-state index contributed by atoms with van der Waals surface area (Å²) >= 11 is 0. The molecular formula is C19H16F2N4O3. The number of halogens is 2. The van der Waals surface area contributed by atoms with E-state index in [0.717, 1.165) is 22.6 Å². The Kier molecular flexibility index (Phi) is 4.74. The first-order valence-electron chi connectivity index (χ1n) is 8.55. The van der Waals surface area contributed by atoms with Gasteiger partial charge in [-0.2, -0.15) is 5.10 Å². The van der Waals surface area contributed by atoms with Crippen molar-refractivity contribution < 1.29 is 23.4 Å². The largest absolute Gasteiger partial charge is 0.441 e. The Morgan fingerprint density at radius 2 is 1.89 bits per heavy atom. The Labute approximate surface area is 158 Å². The number of benzene rings is 2. The lowest BCUT2D eigenvalue weighted by atomic mass is 10.0. The molecule has 3 aromatic rings. The quantitative estimate of drug-likeness (QED) is 0.729. The van der Waals surface area contributed by atoms with E-state index in [1.807, 2.05) is 0 Å². The third-order valence-electron chi connectivity index (χ3n) is 4.47. The number of carbonyl (C=O) groups excluding carboxylic acids is 1. The molecule has 2 heterocycles. The second-order valence-electron chi connectivity index (χ2n) is 6.37.